The molecule has 0 aliphatic heterocycles. The molecule has 3 aromatic rings. The summed E-state index contributed by atoms with van der Waals surface area (Å²) in [7, 11) is 0. The van der Waals surface area contributed by atoms with Crippen LogP contribution < -0.4 is 10.7 Å². The van der Waals surface area contributed by atoms with Crippen LogP contribution in [0.25, 0.3) is 0 Å². The number of hydrazone groups is 1. The molecule has 2 N–H and O–H groups in total. The molecular formula is C20H17N3O2S. The molecule has 0 bridgehead atoms. The maximum Gasteiger partial charge on any atom is 0.271 e. The summed E-state index contributed by atoms with van der Waals surface area (Å²) in [5.74, 6) is -0.503. The fraction of sp³-hybridized carbons (Fsp3) is 0.0500. The lowest BCUT2D eigenvalue weighted by Crippen LogP contribution is -2.17. The summed E-state index contributed by atoms with van der Waals surface area (Å²) in [6, 6.07) is 17.8. The fourth-order valence-electron chi connectivity index (χ4n) is 2.20. The number of hydrogen-bond acceptors (Lipinski definition) is 4. The third-order valence-corrected chi connectivity index (χ3v) is 4.43. The van der Waals surface area contributed by atoms with Gasteiger partial charge in [0, 0.05) is 21.7 Å². The van der Waals surface area contributed by atoms with Crippen LogP contribution in [-0.4, -0.2) is 18.0 Å². The SMILES string of the molecule is Cc1ccc(C(=O)Nc2ccc(C(=O)N/N=C/c3cccs3)cc2)cc1. The lowest BCUT2D eigenvalue weighted by atomic mass is 10.1. The van der Waals surface area contributed by atoms with E-state index in [1.54, 1.807) is 42.6 Å². The highest BCUT2D eigenvalue weighted by atomic mass is 32.1. The zero-order valence-electron chi connectivity index (χ0n) is 14.1. The summed E-state index contributed by atoms with van der Waals surface area (Å²) in [6.07, 6.45) is 1.60. The Labute approximate surface area is 155 Å². The first-order valence-electron chi connectivity index (χ1n) is 7.97. The van der Waals surface area contributed by atoms with Gasteiger partial charge in [-0.1, -0.05) is 23.8 Å². The molecule has 0 saturated carbocycles. The molecule has 0 aliphatic carbocycles. The molecule has 5 nitrogen and oxygen atoms in total. The summed E-state index contributed by atoms with van der Waals surface area (Å²) >= 11 is 1.54. The van der Waals surface area contributed by atoms with Gasteiger partial charge < -0.3 is 5.32 Å². The molecule has 2 amide bonds. The predicted molar refractivity (Wildman–Crippen MR) is 105 cm³/mol. The molecule has 0 spiro atoms. The maximum absolute atomic E-state index is 12.2. The number of benzene rings is 2. The number of amides is 2. The topological polar surface area (TPSA) is 70.6 Å². The van der Waals surface area contributed by atoms with E-state index in [1.807, 2.05) is 36.6 Å². The highest BCUT2D eigenvalue weighted by Crippen LogP contribution is 2.12. The Morgan fingerprint density at radius 1 is 0.923 bits per heavy atom. The van der Waals surface area contributed by atoms with Crippen LogP contribution in [0.3, 0.4) is 0 Å². The van der Waals surface area contributed by atoms with Crippen molar-refractivity contribution >= 4 is 35.1 Å². The Balaban J connectivity index is 1.58. The fourth-order valence-corrected chi connectivity index (χ4v) is 2.78. The minimum atomic E-state index is -0.311. The van der Waals surface area contributed by atoms with Crippen molar-refractivity contribution in [1.29, 1.82) is 0 Å². The first-order chi connectivity index (χ1) is 12.6. The highest BCUT2D eigenvalue weighted by Gasteiger charge is 2.07. The number of thiophene rings is 1. The Morgan fingerprint density at radius 2 is 1.58 bits per heavy atom. The van der Waals surface area contributed by atoms with Gasteiger partial charge in [-0.05, 0) is 54.8 Å². The van der Waals surface area contributed by atoms with E-state index in [4.69, 9.17) is 0 Å². The number of anilines is 1. The van der Waals surface area contributed by atoms with E-state index in [0.717, 1.165) is 10.4 Å². The molecule has 6 heteroatoms. The number of carbonyl (C=O) groups excluding carboxylic acids is 2. The monoisotopic (exact) mass is 363 g/mol. The van der Waals surface area contributed by atoms with Crippen molar-refractivity contribution < 1.29 is 9.59 Å². The van der Waals surface area contributed by atoms with Gasteiger partial charge in [-0.25, -0.2) is 5.43 Å². The zero-order valence-corrected chi connectivity index (χ0v) is 14.9. The third-order valence-electron chi connectivity index (χ3n) is 3.62. The van der Waals surface area contributed by atoms with Crippen LogP contribution in [0.5, 0.6) is 0 Å². The molecule has 0 unspecified atom stereocenters. The molecule has 1 heterocycles. The van der Waals surface area contributed by atoms with E-state index in [9.17, 15) is 9.59 Å². The molecule has 0 fully saturated rings. The van der Waals surface area contributed by atoms with E-state index in [1.165, 1.54) is 11.3 Å². The van der Waals surface area contributed by atoms with Gasteiger partial charge in [-0.3, -0.25) is 9.59 Å². The number of rotatable bonds is 5. The van der Waals surface area contributed by atoms with Crippen molar-refractivity contribution in [2.45, 2.75) is 6.92 Å². The van der Waals surface area contributed by atoms with Gasteiger partial charge in [-0.15, -0.1) is 11.3 Å². The molecule has 0 aliphatic rings. The lowest BCUT2D eigenvalue weighted by molar-refractivity contribution is 0.0954. The number of nitrogens with zero attached hydrogens (tertiary/aromatic N) is 1. The summed E-state index contributed by atoms with van der Waals surface area (Å²) in [4.78, 5) is 25.2. The van der Waals surface area contributed by atoms with Crippen LogP contribution >= 0.6 is 11.3 Å². The van der Waals surface area contributed by atoms with Crippen LogP contribution in [0.1, 0.15) is 31.2 Å². The van der Waals surface area contributed by atoms with Gasteiger partial charge in [0.05, 0.1) is 6.21 Å². The molecule has 3 rings (SSSR count). The van der Waals surface area contributed by atoms with E-state index in [2.05, 4.69) is 15.8 Å². The van der Waals surface area contributed by atoms with Crippen molar-refractivity contribution in [3.05, 3.63) is 87.6 Å². The molecule has 0 atom stereocenters. The Hall–Kier alpha value is -3.25. The molecule has 1 aromatic heterocycles. The second kappa shape index (κ2) is 8.22. The zero-order chi connectivity index (χ0) is 18.4. The number of aryl methyl sites for hydroxylation is 1. The van der Waals surface area contributed by atoms with E-state index in [0.29, 0.717) is 16.8 Å². The third kappa shape index (κ3) is 4.64. The smallest absolute Gasteiger partial charge is 0.271 e. The van der Waals surface area contributed by atoms with Crippen LogP contribution in [0.2, 0.25) is 0 Å². The molecule has 0 saturated heterocycles. The quantitative estimate of drug-likeness (QED) is 0.530. The first-order valence-corrected chi connectivity index (χ1v) is 8.85. The molecule has 26 heavy (non-hydrogen) atoms. The van der Waals surface area contributed by atoms with Crippen molar-refractivity contribution in [1.82, 2.24) is 5.43 Å². The second-order valence-electron chi connectivity index (χ2n) is 5.61. The standard InChI is InChI=1S/C20H17N3O2S/c1-14-4-6-15(7-5-14)19(24)22-17-10-8-16(9-11-17)20(25)23-21-13-18-3-2-12-26-18/h2-13H,1H3,(H,22,24)(H,23,25)/b21-13+. The Kier molecular flexibility index (Phi) is 5.56. The van der Waals surface area contributed by atoms with Crippen LogP contribution in [0.4, 0.5) is 5.69 Å². The van der Waals surface area contributed by atoms with Crippen molar-refractivity contribution in [3.8, 4) is 0 Å². The van der Waals surface area contributed by atoms with Crippen LogP contribution in [0, 0.1) is 6.92 Å². The molecule has 2 aromatic carbocycles. The normalized spacial score (nSPS) is 10.7. The highest BCUT2D eigenvalue weighted by molar-refractivity contribution is 7.11. The van der Waals surface area contributed by atoms with E-state index in [-0.39, 0.29) is 11.8 Å². The Morgan fingerprint density at radius 3 is 2.23 bits per heavy atom. The van der Waals surface area contributed by atoms with Crippen molar-refractivity contribution in [2.24, 2.45) is 5.10 Å². The number of hydrogen-bond donors (Lipinski definition) is 2. The minimum Gasteiger partial charge on any atom is -0.322 e. The summed E-state index contributed by atoms with van der Waals surface area (Å²) in [5.41, 5.74) is 5.24. The lowest BCUT2D eigenvalue weighted by Gasteiger charge is -2.06. The second-order valence-corrected chi connectivity index (χ2v) is 6.59. The van der Waals surface area contributed by atoms with Gasteiger partial charge in [0.1, 0.15) is 0 Å². The largest absolute Gasteiger partial charge is 0.322 e. The number of carbonyl (C=O) groups is 2. The van der Waals surface area contributed by atoms with Crippen molar-refractivity contribution in [3.63, 3.8) is 0 Å². The van der Waals surface area contributed by atoms with Gasteiger partial charge in [0.25, 0.3) is 11.8 Å². The minimum absolute atomic E-state index is 0.192. The van der Waals surface area contributed by atoms with Gasteiger partial charge in [0.2, 0.25) is 0 Å². The van der Waals surface area contributed by atoms with E-state index < -0.39 is 0 Å². The van der Waals surface area contributed by atoms with Gasteiger partial charge in [-0.2, -0.15) is 5.10 Å². The number of nitrogens with one attached hydrogen (secondary N) is 2. The average Bonchev–Trinajstić information content (AvgIpc) is 3.16. The summed E-state index contributed by atoms with van der Waals surface area (Å²) in [6.45, 7) is 1.97. The van der Waals surface area contributed by atoms with Crippen LogP contribution in [0.15, 0.2) is 71.1 Å². The summed E-state index contributed by atoms with van der Waals surface area (Å²) in [5, 5.41) is 8.67. The Bertz CT molecular complexity index is 915. The molecular weight excluding hydrogens is 346 g/mol. The predicted octanol–water partition coefficient (Wildman–Crippen LogP) is 4.07. The first kappa shape index (κ1) is 17.6. The van der Waals surface area contributed by atoms with Crippen LogP contribution in [-0.2, 0) is 0 Å². The van der Waals surface area contributed by atoms with Gasteiger partial charge >= 0.3 is 0 Å². The average molecular weight is 363 g/mol. The molecule has 0 radical (unpaired) electrons. The maximum atomic E-state index is 12.2. The van der Waals surface area contributed by atoms with Crippen molar-refractivity contribution in [2.75, 3.05) is 5.32 Å². The van der Waals surface area contributed by atoms with E-state index >= 15 is 0 Å². The van der Waals surface area contributed by atoms with Gasteiger partial charge in [0.15, 0.2) is 0 Å². The summed E-state index contributed by atoms with van der Waals surface area (Å²) < 4.78 is 0. The molecule has 130 valence electrons.